The first-order valence-electron chi connectivity index (χ1n) is 10.3. The van der Waals surface area contributed by atoms with E-state index < -0.39 is 0 Å². The van der Waals surface area contributed by atoms with Crippen LogP contribution in [0.2, 0.25) is 0 Å². The van der Waals surface area contributed by atoms with Crippen LogP contribution in [0, 0.1) is 6.92 Å². The predicted molar refractivity (Wildman–Crippen MR) is 119 cm³/mol. The third kappa shape index (κ3) is 3.57. The molecule has 1 aliphatic rings. The molecule has 0 aliphatic carbocycles. The van der Waals surface area contributed by atoms with Crippen molar-refractivity contribution in [1.29, 1.82) is 0 Å². The van der Waals surface area contributed by atoms with Gasteiger partial charge < -0.3 is 14.0 Å². The number of aryl methyl sites for hydroxylation is 1. The van der Waals surface area contributed by atoms with E-state index in [-0.39, 0.29) is 11.5 Å². The summed E-state index contributed by atoms with van der Waals surface area (Å²) in [6.07, 6.45) is 3.43. The summed E-state index contributed by atoms with van der Waals surface area (Å²) in [5.41, 5.74) is 4.93. The number of hydrogen-bond acceptors (Lipinski definition) is 3. The SMILES string of the molecule is Cc1cn(-c2ccc3n(c2=O)CCN(Cc2cccc(-c4ccccc4)c2)C3=O)cn1. The lowest BCUT2D eigenvalue weighted by molar-refractivity contribution is 0.0686. The van der Waals surface area contributed by atoms with Crippen molar-refractivity contribution in [3.63, 3.8) is 0 Å². The van der Waals surface area contributed by atoms with Gasteiger partial charge in [-0.15, -0.1) is 0 Å². The van der Waals surface area contributed by atoms with Crippen LogP contribution in [-0.2, 0) is 13.1 Å². The van der Waals surface area contributed by atoms with Gasteiger partial charge in [-0.1, -0.05) is 48.5 Å². The van der Waals surface area contributed by atoms with Gasteiger partial charge >= 0.3 is 0 Å². The van der Waals surface area contributed by atoms with Gasteiger partial charge in [0.25, 0.3) is 11.5 Å². The number of carbonyl (C=O) groups excluding carboxylic acids is 1. The number of imidazole rings is 1. The number of fused-ring (bicyclic) bond motifs is 1. The molecular weight excluding hydrogens is 388 g/mol. The van der Waals surface area contributed by atoms with Crippen LogP contribution in [0.25, 0.3) is 16.8 Å². The van der Waals surface area contributed by atoms with Crippen LogP contribution in [0.3, 0.4) is 0 Å². The number of rotatable bonds is 4. The van der Waals surface area contributed by atoms with E-state index >= 15 is 0 Å². The molecule has 3 heterocycles. The zero-order valence-electron chi connectivity index (χ0n) is 17.2. The van der Waals surface area contributed by atoms with Crippen LogP contribution < -0.4 is 5.56 Å². The van der Waals surface area contributed by atoms with Gasteiger partial charge in [-0.3, -0.25) is 9.59 Å². The third-order valence-corrected chi connectivity index (χ3v) is 5.65. The van der Waals surface area contributed by atoms with Crippen molar-refractivity contribution in [2.75, 3.05) is 6.54 Å². The minimum absolute atomic E-state index is 0.123. The summed E-state index contributed by atoms with van der Waals surface area (Å²) in [6.45, 7) is 3.35. The average Bonchev–Trinajstić information content (AvgIpc) is 3.23. The number of pyridine rings is 1. The van der Waals surface area contributed by atoms with E-state index in [2.05, 4.69) is 29.2 Å². The number of nitrogens with zero attached hydrogens (tertiary/aromatic N) is 4. The van der Waals surface area contributed by atoms with Gasteiger partial charge in [0.2, 0.25) is 0 Å². The van der Waals surface area contributed by atoms with Gasteiger partial charge in [0.15, 0.2) is 0 Å². The van der Waals surface area contributed by atoms with E-state index in [9.17, 15) is 9.59 Å². The summed E-state index contributed by atoms with van der Waals surface area (Å²) in [4.78, 5) is 32.1. The summed E-state index contributed by atoms with van der Waals surface area (Å²) in [5.74, 6) is -0.123. The Morgan fingerprint density at radius 3 is 2.48 bits per heavy atom. The van der Waals surface area contributed by atoms with Crippen LogP contribution >= 0.6 is 0 Å². The Morgan fingerprint density at radius 2 is 1.71 bits per heavy atom. The molecule has 6 nitrogen and oxygen atoms in total. The molecule has 0 bridgehead atoms. The van der Waals surface area contributed by atoms with Crippen molar-refractivity contribution < 1.29 is 4.79 Å². The molecule has 0 N–H and O–H groups in total. The van der Waals surface area contributed by atoms with E-state index in [4.69, 9.17) is 0 Å². The molecule has 0 saturated heterocycles. The van der Waals surface area contributed by atoms with Crippen LogP contribution in [-0.4, -0.2) is 31.5 Å². The fourth-order valence-electron chi connectivity index (χ4n) is 4.06. The Hall–Kier alpha value is -3.93. The molecule has 6 heteroatoms. The Morgan fingerprint density at radius 1 is 0.903 bits per heavy atom. The van der Waals surface area contributed by atoms with E-state index in [0.29, 0.717) is 31.0 Å². The number of amides is 1. The molecule has 5 rings (SSSR count). The lowest BCUT2D eigenvalue weighted by Gasteiger charge is -2.30. The normalized spacial score (nSPS) is 13.3. The maximum atomic E-state index is 13.1. The first kappa shape index (κ1) is 19.1. The summed E-state index contributed by atoms with van der Waals surface area (Å²) in [7, 11) is 0. The van der Waals surface area contributed by atoms with Crippen molar-refractivity contribution in [1.82, 2.24) is 19.0 Å². The minimum Gasteiger partial charge on any atom is -0.331 e. The Kier molecular flexibility index (Phi) is 4.75. The van der Waals surface area contributed by atoms with Crippen molar-refractivity contribution in [3.8, 4) is 16.8 Å². The quantitative estimate of drug-likeness (QED) is 0.516. The highest BCUT2D eigenvalue weighted by Crippen LogP contribution is 2.22. The van der Waals surface area contributed by atoms with E-state index in [1.165, 1.54) is 0 Å². The molecule has 0 unspecified atom stereocenters. The minimum atomic E-state index is -0.172. The number of hydrogen-bond donors (Lipinski definition) is 0. The monoisotopic (exact) mass is 410 g/mol. The first-order chi connectivity index (χ1) is 15.1. The molecule has 1 aliphatic heterocycles. The second-order valence-corrected chi connectivity index (χ2v) is 7.78. The van der Waals surface area contributed by atoms with Gasteiger partial charge in [0, 0.05) is 25.8 Å². The molecule has 0 fully saturated rings. The second-order valence-electron chi connectivity index (χ2n) is 7.78. The largest absolute Gasteiger partial charge is 0.331 e. The number of carbonyl (C=O) groups is 1. The lowest BCUT2D eigenvalue weighted by Crippen LogP contribution is -2.44. The van der Waals surface area contributed by atoms with Crippen LogP contribution in [0.4, 0.5) is 0 Å². The molecule has 0 spiro atoms. The Bertz CT molecular complexity index is 1320. The van der Waals surface area contributed by atoms with Crippen LogP contribution in [0.1, 0.15) is 21.7 Å². The standard InChI is InChI=1S/C25H22N4O2/c1-18-15-28(17-26-18)22-10-11-23-24(30)27(12-13-29(23)25(22)31)16-19-6-5-9-21(14-19)20-7-3-2-4-8-20/h2-11,14-15,17H,12-13,16H2,1H3. The molecule has 0 atom stereocenters. The van der Waals surface area contributed by atoms with Crippen LogP contribution in [0.15, 0.2) is 84.0 Å². The molecular formula is C25H22N4O2. The second kappa shape index (κ2) is 7.72. The van der Waals surface area contributed by atoms with E-state index in [1.807, 2.05) is 37.3 Å². The molecule has 1 amide bonds. The van der Waals surface area contributed by atoms with Gasteiger partial charge in [-0.25, -0.2) is 4.98 Å². The summed E-state index contributed by atoms with van der Waals surface area (Å²) < 4.78 is 3.28. The molecule has 0 radical (unpaired) electrons. The molecule has 0 saturated carbocycles. The zero-order valence-corrected chi connectivity index (χ0v) is 17.2. The fraction of sp³-hybridized carbons (Fsp3) is 0.160. The van der Waals surface area contributed by atoms with E-state index in [0.717, 1.165) is 22.4 Å². The fourth-order valence-corrected chi connectivity index (χ4v) is 4.06. The van der Waals surface area contributed by atoms with Crippen molar-refractivity contribution in [3.05, 3.63) is 107 Å². The van der Waals surface area contributed by atoms with Crippen molar-refractivity contribution in [2.45, 2.75) is 20.0 Å². The Balaban J connectivity index is 1.41. The molecule has 2 aromatic carbocycles. The first-order valence-corrected chi connectivity index (χ1v) is 10.3. The van der Waals surface area contributed by atoms with Crippen molar-refractivity contribution >= 4 is 5.91 Å². The maximum absolute atomic E-state index is 13.1. The average molecular weight is 410 g/mol. The third-order valence-electron chi connectivity index (χ3n) is 5.65. The topological polar surface area (TPSA) is 60.1 Å². The molecule has 31 heavy (non-hydrogen) atoms. The lowest BCUT2D eigenvalue weighted by atomic mass is 10.0. The summed E-state index contributed by atoms with van der Waals surface area (Å²) in [5, 5.41) is 0. The Labute approximate surface area is 180 Å². The zero-order chi connectivity index (χ0) is 21.4. The highest BCUT2D eigenvalue weighted by molar-refractivity contribution is 5.93. The predicted octanol–water partition coefficient (Wildman–Crippen LogP) is 3.67. The summed E-state index contributed by atoms with van der Waals surface area (Å²) >= 11 is 0. The van der Waals surface area contributed by atoms with Gasteiger partial charge in [-0.05, 0) is 41.8 Å². The molecule has 154 valence electrons. The van der Waals surface area contributed by atoms with Crippen molar-refractivity contribution in [2.24, 2.45) is 0 Å². The number of aromatic nitrogens is 3. The highest BCUT2D eigenvalue weighted by atomic mass is 16.2. The van der Waals surface area contributed by atoms with Gasteiger partial charge in [0.1, 0.15) is 11.4 Å². The summed E-state index contributed by atoms with van der Waals surface area (Å²) in [6, 6.07) is 21.9. The maximum Gasteiger partial charge on any atom is 0.275 e. The molecule has 4 aromatic rings. The molecule has 2 aromatic heterocycles. The van der Waals surface area contributed by atoms with E-state index in [1.54, 1.807) is 38.7 Å². The highest BCUT2D eigenvalue weighted by Gasteiger charge is 2.26. The smallest absolute Gasteiger partial charge is 0.275 e. The van der Waals surface area contributed by atoms with Gasteiger partial charge in [-0.2, -0.15) is 0 Å². The number of benzene rings is 2. The van der Waals surface area contributed by atoms with Crippen LogP contribution in [0.5, 0.6) is 0 Å². The van der Waals surface area contributed by atoms with Gasteiger partial charge in [0.05, 0.1) is 12.0 Å².